The molecule has 2 aliphatic rings. The summed E-state index contributed by atoms with van der Waals surface area (Å²) in [4.78, 5) is 36.0. The van der Waals surface area contributed by atoms with E-state index in [0.29, 0.717) is 12.3 Å². The summed E-state index contributed by atoms with van der Waals surface area (Å²) in [6.45, 7) is 5.39. The van der Waals surface area contributed by atoms with Crippen LogP contribution in [0.2, 0.25) is 0 Å². The number of carbonyl (C=O) groups excluding carboxylic acids is 3. The Labute approximate surface area is 155 Å². The first-order valence-corrected chi connectivity index (χ1v) is 9.47. The molecular weight excluding hydrogens is 338 g/mol. The topological polar surface area (TPSA) is 90.9 Å². The van der Waals surface area contributed by atoms with Crippen molar-refractivity contribution in [2.75, 3.05) is 7.11 Å². The first kappa shape index (κ1) is 20.5. The summed E-state index contributed by atoms with van der Waals surface area (Å²) < 4.78 is 15.5. The lowest BCUT2D eigenvalue weighted by atomic mass is 9.83. The molecule has 148 valence electrons. The Morgan fingerprint density at radius 1 is 1.23 bits per heavy atom. The van der Waals surface area contributed by atoms with Crippen LogP contribution in [0.25, 0.3) is 0 Å². The van der Waals surface area contributed by atoms with Gasteiger partial charge in [-0.05, 0) is 33.1 Å². The molecule has 1 saturated heterocycles. The highest BCUT2D eigenvalue weighted by Gasteiger charge is 2.44. The van der Waals surface area contributed by atoms with Crippen LogP contribution in [0, 0.1) is 11.8 Å². The fourth-order valence-electron chi connectivity index (χ4n) is 3.73. The second kappa shape index (κ2) is 8.73. The largest absolute Gasteiger partial charge is 0.468 e. The molecule has 1 N–H and O–H groups in total. The number of esters is 2. The molecule has 0 aromatic heterocycles. The Morgan fingerprint density at radius 2 is 1.88 bits per heavy atom. The predicted molar refractivity (Wildman–Crippen MR) is 94.4 cm³/mol. The van der Waals surface area contributed by atoms with Gasteiger partial charge in [-0.2, -0.15) is 0 Å². The molecule has 0 aromatic rings. The molecule has 0 aromatic carbocycles. The van der Waals surface area contributed by atoms with Gasteiger partial charge in [0.1, 0.15) is 11.7 Å². The molecular formula is C19H31NO6. The van der Waals surface area contributed by atoms with Gasteiger partial charge < -0.3 is 19.5 Å². The highest BCUT2D eigenvalue weighted by Crippen LogP contribution is 2.32. The number of rotatable bonds is 5. The quantitative estimate of drug-likeness (QED) is 0.455. The Kier molecular flexibility index (Phi) is 6.89. The van der Waals surface area contributed by atoms with E-state index in [1.165, 1.54) is 26.4 Å². The highest BCUT2D eigenvalue weighted by atomic mass is 16.6. The number of carbonyl (C=O) groups is 3. The van der Waals surface area contributed by atoms with Crippen molar-refractivity contribution < 1.29 is 28.6 Å². The van der Waals surface area contributed by atoms with Gasteiger partial charge in [0, 0.05) is 6.42 Å². The van der Waals surface area contributed by atoms with Gasteiger partial charge in [-0.15, -0.1) is 0 Å². The zero-order valence-electron chi connectivity index (χ0n) is 16.2. The molecule has 0 radical (unpaired) electrons. The molecule has 0 unspecified atom stereocenters. The summed E-state index contributed by atoms with van der Waals surface area (Å²) in [5.41, 5.74) is -0.611. The van der Waals surface area contributed by atoms with Crippen molar-refractivity contribution in [2.45, 2.75) is 83.5 Å². The number of ether oxygens (including phenoxy) is 3. The summed E-state index contributed by atoms with van der Waals surface area (Å²) in [7, 11) is 1.25. The predicted octanol–water partition coefficient (Wildman–Crippen LogP) is 2.95. The smallest absolute Gasteiger partial charge is 0.408 e. The van der Waals surface area contributed by atoms with E-state index >= 15 is 0 Å². The second-order valence-corrected chi connectivity index (χ2v) is 8.28. The first-order chi connectivity index (χ1) is 12.2. The molecule has 3 atom stereocenters. The summed E-state index contributed by atoms with van der Waals surface area (Å²) in [6.07, 6.45) is 5.67. The van der Waals surface area contributed by atoms with Crippen LogP contribution in [-0.2, 0) is 23.8 Å². The van der Waals surface area contributed by atoms with E-state index in [1.54, 1.807) is 20.8 Å². The minimum atomic E-state index is -0.917. The molecule has 2 rings (SSSR count). The van der Waals surface area contributed by atoms with Gasteiger partial charge in [0.15, 0.2) is 5.92 Å². The number of cyclic esters (lactones) is 1. The molecule has 0 bridgehead atoms. The number of hydrogen-bond donors (Lipinski definition) is 1. The van der Waals surface area contributed by atoms with Crippen molar-refractivity contribution in [3.63, 3.8) is 0 Å². The molecule has 1 amide bonds. The normalized spacial score (nSPS) is 25.3. The van der Waals surface area contributed by atoms with Crippen LogP contribution in [0.4, 0.5) is 4.79 Å². The molecule has 1 heterocycles. The lowest BCUT2D eigenvalue weighted by molar-refractivity contribution is -0.155. The van der Waals surface area contributed by atoms with E-state index in [9.17, 15) is 14.4 Å². The third kappa shape index (κ3) is 5.88. The highest BCUT2D eigenvalue weighted by molar-refractivity contribution is 5.96. The van der Waals surface area contributed by atoms with E-state index < -0.39 is 35.7 Å². The van der Waals surface area contributed by atoms with E-state index in [4.69, 9.17) is 9.47 Å². The van der Waals surface area contributed by atoms with Crippen LogP contribution >= 0.6 is 0 Å². The van der Waals surface area contributed by atoms with Gasteiger partial charge in [0.05, 0.1) is 13.2 Å². The van der Waals surface area contributed by atoms with Crippen LogP contribution in [0.5, 0.6) is 0 Å². The molecule has 0 spiro atoms. The van der Waals surface area contributed by atoms with Crippen molar-refractivity contribution >= 4 is 18.0 Å². The summed E-state index contributed by atoms with van der Waals surface area (Å²) in [6, 6.07) is -0.369. The van der Waals surface area contributed by atoms with Gasteiger partial charge in [-0.25, -0.2) is 4.79 Å². The zero-order valence-corrected chi connectivity index (χ0v) is 16.2. The van der Waals surface area contributed by atoms with Crippen molar-refractivity contribution in [1.29, 1.82) is 0 Å². The van der Waals surface area contributed by atoms with Crippen LogP contribution < -0.4 is 5.32 Å². The van der Waals surface area contributed by atoms with E-state index in [0.717, 1.165) is 12.8 Å². The third-order valence-electron chi connectivity index (χ3n) is 4.97. The lowest BCUT2D eigenvalue weighted by Crippen LogP contribution is -2.46. The molecule has 2 fully saturated rings. The minimum Gasteiger partial charge on any atom is -0.468 e. The van der Waals surface area contributed by atoms with Crippen molar-refractivity contribution in [2.24, 2.45) is 11.8 Å². The Hall–Kier alpha value is -1.79. The lowest BCUT2D eigenvalue weighted by Gasteiger charge is -2.30. The first-order valence-electron chi connectivity index (χ1n) is 9.47. The van der Waals surface area contributed by atoms with Crippen LogP contribution in [-0.4, -0.2) is 42.9 Å². The number of amides is 1. The molecule has 7 heteroatoms. The van der Waals surface area contributed by atoms with Gasteiger partial charge in [0.25, 0.3) is 0 Å². The third-order valence-corrected chi connectivity index (χ3v) is 4.97. The fourth-order valence-corrected chi connectivity index (χ4v) is 3.73. The number of methoxy groups -OCH3 is 1. The summed E-state index contributed by atoms with van der Waals surface area (Å²) in [5.74, 6) is -1.62. The van der Waals surface area contributed by atoms with Gasteiger partial charge >= 0.3 is 18.0 Å². The Bertz CT molecular complexity index is 521. The van der Waals surface area contributed by atoms with Crippen LogP contribution in [0.3, 0.4) is 0 Å². The van der Waals surface area contributed by atoms with Gasteiger partial charge in [0.2, 0.25) is 0 Å². The van der Waals surface area contributed by atoms with Crippen molar-refractivity contribution in [1.82, 2.24) is 5.32 Å². The van der Waals surface area contributed by atoms with Crippen LogP contribution in [0.15, 0.2) is 0 Å². The average Bonchev–Trinajstić information content (AvgIpc) is 2.94. The maximum atomic E-state index is 12.3. The molecule has 1 saturated carbocycles. The molecule has 1 aliphatic carbocycles. The molecule has 7 nitrogen and oxygen atoms in total. The van der Waals surface area contributed by atoms with E-state index in [-0.39, 0.29) is 12.5 Å². The van der Waals surface area contributed by atoms with Crippen LogP contribution in [0.1, 0.15) is 65.7 Å². The Balaban J connectivity index is 2.05. The van der Waals surface area contributed by atoms with E-state index in [2.05, 4.69) is 10.1 Å². The van der Waals surface area contributed by atoms with Gasteiger partial charge in [-0.1, -0.05) is 32.1 Å². The number of nitrogens with one attached hydrogen (secondary N) is 1. The molecule has 1 aliphatic heterocycles. The molecule has 26 heavy (non-hydrogen) atoms. The minimum absolute atomic E-state index is 0.221. The summed E-state index contributed by atoms with van der Waals surface area (Å²) >= 11 is 0. The van der Waals surface area contributed by atoms with Crippen molar-refractivity contribution in [3.05, 3.63) is 0 Å². The van der Waals surface area contributed by atoms with Gasteiger partial charge in [-0.3, -0.25) is 9.59 Å². The van der Waals surface area contributed by atoms with Crippen molar-refractivity contribution in [3.8, 4) is 0 Å². The fraction of sp³-hybridized carbons (Fsp3) is 0.842. The standard InChI is InChI=1S/C19H31NO6/c1-19(2,3)26-18(23)20-14(10-12-8-6-5-7-9-12)15-11-13(16(21)24-4)17(22)25-15/h12-15H,5-11H2,1-4H3,(H,20,23)/t13-,14+,15+/m1/s1. The average molecular weight is 369 g/mol. The van der Waals surface area contributed by atoms with E-state index in [1.807, 2.05) is 0 Å². The zero-order chi connectivity index (χ0) is 19.3. The maximum absolute atomic E-state index is 12.3. The Morgan fingerprint density at radius 3 is 2.46 bits per heavy atom. The monoisotopic (exact) mass is 369 g/mol. The maximum Gasteiger partial charge on any atom is 0.408 e. The SMILES string of the molecule is COC(=O)[C@H]1C[C@@H]([C@H](CC2CCCCC2)NC(=O)OC(C)(C)C)OC1=O. The number of hydrogen-bond acceptors (Lipinski definition) is 6. The summed E-state index contributed by atoms with van der Waals surface area (Å²) in [5, 5.41) is 2.87. The second-order valence-electron chi connectivity index (χ2n) is 8.28. The number of alkyl carbamates (subject to hydrolysis) is 1.